The quantitative estimate of drug-likeness (QED) is 0.876. The average molecular weight is 260 g/mol. The van der Waals surface area contributed by atoms with E-state index in [1.807, 2.05) is 0 Å². The Kier molecular flexibility index (Phi) is 2.71. The van der Waals surface area contributed by atoms with Crippen LogP contribution in [0.1, 0.15) is 28.8 Å². The fraction of sp³-hybridized carbons (Fsp3) is 0.455. The number of hydrogen-bond donors (Lipinski definition) is 2. The molecule has 1 aliphatic carbocycles. The van der Waals surface area contributed by atoms with Gasteiger partial charge >= 0.3 is 12.1 Å². The molecular formula is C11H11F3N2O2. The number of aryl methyl sites for hydroxylation is 1. The molecular weight excluding hydrogens is 249 g/mol. The first-order valence-electron chi connectivity index (χ1n) is 5.31. The molecule has 0 aliphatic heterocycles. The molecule has 0 saturated heterocycles. The van der Waals surface area contributed by atoms with Crippen LogP contribution < -0.4 is 5.32 Å². The Morgan fingerprint density at radius 1 is 1.50 bits per heavy atom. The molecule has 0 aromatic carbocycles. The molecule has 0 atom stereocenters. The van der Waals surface area contributed by atoms with Gasteiger partial charge < -0.3 is 10.4 Å². The summed E-state index contributed by atoms with van der Waals surface area (Å²) >= 11 is 0. The van der Waals surface area contributed by atoms with Gasteiger partial charge in [-0.25, -0.2) is 9.78 Å². The number of aromatic carboxylic acids is 1. The monoisotopic (exact) mass is 260 g/mol. The molecule has 4 nitrogen and oxygen atoms in total. The Labute approximate surface area is 101 Å². The average Bonchev–Trinajstić information content (AvgIpc) is 2.97. The van der Waals surface area contributed by atoms with E-state index in [1.165, 1.54) is 19.2 Å². The van der Waals surface area contributed by atoms with E-state index in [4.69, 9.17) is 5.11 Å². The van der Waals surface area contributed by atoms with E-state index in [0.717, 1.165) is 0 Å². The van der Waals surface area contributed by atoms with E-state index in [2.05, 4.69) is 10.3 Å². The van der Waals surface area contributed by atoms with Crippen molar-refractivity contribution in [2.24, 2.45) is 0 Å². The van der Waals surface area contributed by atoms with Gasteiger partial charge in [0.25, 0.3) is 0 Å². The molecule has 2 rings (SSSR count). The number of carboxylic acid groups (broad SMARTS) is 1. The molecule has 98 valence electrons. The first-order valence-corrected chi connectivity index (χ1v) is 5.31. The lowest BCUT2D eigenvalue weighted by molar-refractivity contribution is -0.151. The number of hydrogen-bond acceptors (Lipinski definition) is 3. The summed E-state index contributed by atoms with van der Waals surface area (Å²) < 4.78 is 38.3. The van der Waals surface area contributed by atoms with Gasteiger partial charge in [-0.1, -0.05) is 0 Å². The van der Waals surface area contributed by atoms with Crippen molar-refractivity contribution >= 4 is 11.8 Å². The number of anilines is 1. The van der Waals surface area contributed by atoms with Crippen molar-refractivity contribution in [3.63, 3.8) is 0 Å². The third-order valence-electron chi connectivity index (χ3n) is 3.02. The Bertz CT molecular complexity index is 496. The first-order chi connectivity index (χ1) is 8.27. The topological polar surface area (TPSA) is 62.2 Å². The summed E-state index contributed by atoms with van der Waals surface area (Å²) in [6, 6.07) is 1.45. The van der Waals surface area contributed by atoms with Gasteiger partial charge in [0, 0.05) is 6.20 Å². The Morgan fingerprint density at radius 2 is 2.11 bits per heavy atom. The maximum Gasteiger partial charge on any atom is 0.411 e. The highest BCUT2D eigenvalue weighted by molar-refractivity contribution is 5.94. The molecule has 1 heterocycles. The van der Waals surface area contributed by atoms with E-state index in [9.17, 15) is 18.0 Å². The van der Waals surface area contributed by atoms with E-state index in [1.54, 1.807) is 0 Å². The minimum atomic E-state index is -4.41. The summed E-state index contributed by atoms with van der Waals surface area (Å²) in [7, 11) is 0. The molecule has 1 aromatic rings. The minimum absolute atomic E-state index is 0.0643. The number of carbonyl (C=O) groups is 1. The van der Waals surface area contributed by atoms with Crippen LogP contribution in [0.4, 0.5) is 19.0 Å². The highest BCUT2D eigenvalue weighted by Crippen LogP contribution is 2.51. The van der Waals surface area contributed by atoms with Gasteiger partial charge in [0.2, 0.25) is 0 Å². The van der Waals surface area contributed by atoms with Gasteiger partial charge in [0.1, 0.15) is 16.9 Å². The van der Waals surface area contributed by atoms with Crippen LogP contribution in [0.3, 0.4) is 0 Å². The van der Waals surface area contributed by atoms with Crippen molar-refractivity contribution in [1.29, 1.82) is 0 Å². The number of halogens is 3. The smallest absolute Gasteiger partial charge is 0.411 e. The minimum Gasteiger partial charge on any atom is -0.478 e. The van der Waals surface area contributed by atoms with Crippen LogP contribution in [0.5, 0.6) is 0 Å². The fourth-order valence-corrected chi connectivity index (χ4v) is 1.75. The van der Waals surface area contributed by atoms with Crippen molar-refractivity contribution in [2.45, 2.75) is 31.5 Å². The van der Waals surface area contributed by atoms with Crippen LogP contribution in [0, 0.1) is 6.92 Å². The van der Waals surface area contributed by atoms with Crippen LogP contribution in [0.15, 0.2) is 12.3 Å². The summed E-state index contributed by atoms with van der Waals surface area (Å²) in [6.45, 7) is 1.52. The number of carboxylic acids is 1. The van der Waals surface area contributed by atoms with Crippen LogP contribution >= 0.6 is 0 Å². The lowest BCUT2D eigenvalue weighted by Gasteiger charge is -2.22. The maximum absolute atomic E-state index is 12.8. The number of pyridine rings is 1. The zero-order valence-corrected chi connectivity index (χ0v) is 9.51. The molecule has 0 unspecified atom stereocenters. The van der Waals surface area contributed by atoms with Crippen molar-refractivity contribution in [3.05, 3.63) is 23.4 Å². The second-order valence-corrected chi connectivity index (χ2v) is 4.36. The second kappa shape index (κ2) is 3.86. The van der Waals surface area contributed by atoms with E-state index >= 15 is 0 Å². The molecule has 1 aromatic heterocycles. The third kappa shape index (κ3) is 2.00. The lowest BCUT2D eigenvalue weighted by atomic mass is 10.1. The van der Waals surface area contributed by atoms with Gasteiger partial charge in [-0.15, -0.1) is 0 Å². The zero-order valence-electron chi connectivity index (χ0n) is 9.51. The largest absolute Gasteiger partial charge is 0.478 e. The van der Waals surface area contributed by atoms with Crippen LogP contribution in [0.2, 0.25) is 0 Å². The summed E-state index contributed by atoms with van der Waals surface area (Å²) in [5.41, 5.74) is -1.86. The van der Waals surface area contributed by atoms with Crippen molar-refractivity contribution in [2.75, 3.05) is 5.32 Å². The zero-order chi connectivity index (χ0) is 13.6. The van der Waals surface area contributed by atoms with Gasteiger partial charge in [-0.2, -0.15) is 13.2 Å². The van der Waals surface area contributed by atoms with Crippen molar-refractivity contribution < 1.29 is 23.1 Å². The standard InChI is InChI=1S/C11H11F3N2O2/c1-6-2-5-15-8(7(6)9(17)18)16-10(3-4-10)11(12,13)14/h2,5H,3-4H2,1H3,(H,15,16)(H,17,18). The molecule has 1 saturated carbocycles. The fourth-order valence-electron chi connectivity index (χ4n) is 1.75. The predicted molar refractivity (Wildman–Crippen MR) is 57.6 cm³/mol. The summed E-state index contributed by atoms with van der Waals surface area (Å²) in [5.74, 6) is -1.52. The number of nitrogens with one attached hydrogen (secondary N) is 1. The lowest BCUT2D eigenvalue weighted by Crippen LogP contribution is -2.39. The molecule has 7 heteroatoms. The molecule has 1 fully saturated rings. The SMILES string of the molecule is Cc1ccnc(NC2(C(F)(F)F)CC2)c1C(=O)O. The molecule has 2 N–H and O–H groups in total. The van der Waals surface area contributed by atoms with Crippen molar-refractivity contribution in [1.82, 2.24) is 4.98 Å². The number of alkyl halides is 3. The molecule has 0 bridgehead atoms. The van der Waals surface area contributed by atoms with Gasteiger partial charge in [-0.3, -0.25) is 0 Å². The third-order valence-corrected chi connectivity index (χ3v) is 3.02. The van der Waals surface area contributed by atoms with E-state index < -0.39 is 17.7 Å². The Balaban J connectivity index is 2.36. The first kappa shape index (κ1) is 12.7. The molecule has 1 aliphatic rings. The van der Waals surface area contributed by atoms with Crippen LogP contribution in [-0.2, 0) is 0 Å². The second-order valence-electron chi connectivity index (χ2n) is 4.36. The van der Waals surface area contributed by atoms with E-state index in [0.29, 0.717) is 5.56 Å². The predicted octanol–water partition coefficient (Wildman–Crippen LogP) is 2.60. The highest BCUT2D eigenvalue weighted by atomic mass is 19.4. The van der Waals surface area contributed by atoms with Gasteiger partial charge in [0.05, 0.1) is 0 Å². The van der Waals surface area contributed by atoms with Gasteiger partial charge in [0.15, 0.2) is 0 Å². The highest BCUT2D eigenvalue weighted by Gasteiger charge is 2.64. The Hall–Kier alpha value is -1.79. The number of rotatable bonds is 3. The van der Waals surface area contributed by atoms with Crippen LogP contribution in [0.25, 0.3) is 0 Å². The number of aromatic nitrogens is 1. The molecule has 0 amide bonds. The molecule has 0 spiro atoms. The van der Waals surface area contributed by atoms with E-state index in [-0.39, 0.29) is 24.2 Å². The molecule has 0 radical (unpaired) electrons. The maximum atomic E-state index is 12.8. The number of nitrogens with zero attached hydrogens (tertiary/aromatic N) is 1. The summed E-state index contributed by atoms with van der Waals surface area (Å²) in [6.07, 6.45) is -3.25. The summed E-state index contributed by atoms with van der Waals surface area (Å²) in [5, 5.41) is 11.2. The summed E-state index contributed by atoms with van der Waals surface area (Å²) in [4.78, 5) is 14.7. The van der Waals surface area contributed by atoms with Gasteiger partial charge in [-0.05, 0) is 31.4 Å². The Morgan fingerprint density at radius 3 is 2.56 bits per heavy atom. The van der Waals surface area contributed by atoms with Crippen molar-refractivity contribution in [3.8, 4) is 0 Å². The van der Waals surface area contributed by atoms with Crippen LogP contribution in [-0.4, -0.2) is 27.8 Å². The molecule has 18 heavy (non-hydrogen) atoms. The normalized spacial score (nSPS) is 17.3.